The van der Waals surface area contributed by atoms with Gasteiger partial charge in [-0.1, -0.05) is 70.0 Å². The highest BCUT2D eigenvalue weighted by molar-refractivity contribution is 9.10. The monoisotopic (exact) mass is 599 g/mol. The summed E-state index contributed by atoms with van der Waals surface area (Å²) in [5.41, 5.74) is 2.28. The van der Waals surface area contributed by atoms with Gasteiger partial charge in [-0.15, -0.1) is 0 Å². The molecule has 2 amide bonds. The fraction of sp³-hybridized carbons (Fsp3) is 0.310. The van der Waals surface area contributed by atoms with E-state index in [1.807, 2.05) is 51.1 Å². The Hall–Kier alpha value is -3.17. The minimum atomic E-state index is -4.08. The fourth-order valence-corrected chi connectivity index (χ4v) is 5.77. The first-order chi connectivity index (χ1) is 18.0. The van der Waals surface area contributed by atoms with Crippen molar-refractivity contribution in [3.8, 4) is 0 Å². The molecule has 0 bridgehead atoms. The Morgan fingerprint density at radius 3 is 2.18 bits per heavy atom. The van der Waals surface area contributed by atoms with Gasteiger partial charge in [0.2, 0.25) is 11.8 Å². The van der Waals surface area contributed by atoms with Crippen molar-refractivity contribution in [2.24, 2.45) is 0 Å². The number of hydrogen-bond acceptors (Lipinski definition) is 4. The molecule has 7 nitrogen and oxygen atoms in total. The molecule has 0 aliphatic heterocycles. The Morgan fingerprint density at radius 1 is 0.921 bits per heavy atom. The molecule has 0 saturated heterocycles. The van der Waals surface area contributed by atoms with Crippen LogP contribution in [0.25, 0.3) is 0 Å². The number of amides is 2. The van der Waals surface area contributed by atoms with Crippen molar-refractivity contribution in [1.29, 1.82) is 0 Å². The van der Waals surface area contributed by atoms with Gasteiger partial charge in [-0.3, -0.25) is 13.9 Å². The number of aryl methyl sites for hydroxylation is 1. The summed E-state index contributed by atoms with van der Waals surface area (Å²) in [6.45, 7) is 7.04. The van der Waals surface area contributed by atoms with Crippen molar-refractivity contribution in [3.63, 3.8) is 0 Å². The molecule has 0 aliphatic carbocycles. The Kier molecular flexibility index (Phi) is 10.1. The predicted octanol–water partition coefficient (Wildman–Crippen LogP) is 4.94. The van der Waals surface area contributed by atoms with Crippen molar-refractivity contribution < 1.29 is 18.0 Å². The van der Waals surface area contributed by atoms with Crippen molar-refractivity contribution in [2.75, 3.05) is 17.4 Å². The number of hydrogen-bond donors (Lipinski definition) is 1. The van der Waals surface area contributed by atoms with Crippen molar-refractivity contribution >= 4 is 43.5 Å². The zero-order chi connectivity index (χ0) is 27.9. The number of halogens is 1. The summed E-state index contributed by atoms with van der Waals surface area (Å²) in [4.78, 5) is 28.3. The van der Waals surface area contributed by atoms with Crippen molar-refractivity contribution in [2.45, 2.75) is 51.1 Å². The molecule has 9 heteroatoms. The third-order valence-electron chi connectivity index (χ3n) is 6.07. The van der Waals surface area contributed by atoms with Gasteiger partial charge in [0.05, 0.1) is 10.6 Å². The zero-order valence-corrected chi connectivity index (χ0v) is 24.5. The van der Waals surface area contributed by atoms with Crippen LogP contribution < -0.4 is 9.62 Å². The summed E-state index contributed by atoms with van der Waals surface area (Å²) in [7, 11) is -4.08. The maximum Gasteiger partial charge on any atom is 0.264 e. The van der Waals surface area contributed by atoms with Gasteiger partial charge < -0.3 is 10.2 Å². The third-order valence-corrected chi connectivity index (χ3v) is 8.35. The number of rotatable bonds is 11. The largest absolute Gasteiger partial charge is 0.352 e. The Morgan fingerprint density at radius 2 is 1.58 bits per heavy atom. The third kappa shape index (κ3) is 7.68. The lowest BCUT2D eigenvalue weighted by molar-refractivity contribution is -0.139. The molecule has 3 rings (SSSR count). The van der Waals surface area contributed by atoms with Gasteiger partial charge in [0.25, 0.3) is 10.0 Å². The molecule has 0 unspecified atom stereocenters. The smallest absolute Gasteiger partial charge is 0.264 e. The van der Waals surface area contributed by atoms with Crippen LogP contribution in [-0.2, 0) is 26.0 Å². The molecule has 3 aromatic rings. The molecule has 0 radical (unpaired) electrons. The average molecular weight is 601 g/mol. The highest BCUT2D eigenvalue weighted by Crippen LogP contribution is 2.27. The number of sulfonamides is 1. The summed E-state index contributed by atoms with van der Waals surface area (Å²) >= 11 is 3.40. The number of nitrogens with zero attached hydrogens (tertiary/aromatic N) is 2. The Labute approximate surface area is 234 Å². The molecular weight excluding hydrogens is 566 g/mol. The molecular formula is C29H34BrN3O4S. The van der Waals surface area contributed by atoms with Crippen LogP contribution in [0.2, 0.25) is 0 Å². The van der Waals surface area contributed by atoms with E-state index in [1.165, 1.54) is 17.0 Å². The molecule has 0 spiro atoms. The lowest BCUT2D eigenvalue weighted by Crippen LogP contribution is -2.53. The number of benzene rings is 3. The lowest BCUT2D eigenvalue weighted by atomic mass is 10.1. The van der Waals surface area contributed by atoms with Gasteiger partial charge in [0.1, 0.15) is 12.6 Å². The van der Waals surface area contributed by atoms with E-state index in [1.54, 1.807) is 43.3 Å². The molecule has 202 valence electrons. The first-order valence-corrected chi connectivity index (χ1v) is 14.7. The van der Waals surface area contributed by atoms with E-state index in [2.05, 4.69) is 21.2 Å². The van der Waals surface area contributed by atoms with E-state index in [-0.39, 0.29) is 23.4 Å². The van der Waals surface area contributed by atoms with Crippen LogP contribution in [-0.4, -0.2) is 50.3 Å². The van der Waals surface area contributed by atoms with Crippen LogP contribution >= 0.6 is 15.9 Å². The van der Waals surface area contributed by atoms with Crippen LogP contribution in [0.4, 0.5) is 5.69 Å². The fourth-order valence-electron chi connectivity index (χ4n) is 3.97. The van der Waals surface area contributed by atoms with Crippen molar-refractivity contribution in [1.82, 2.24) is 10.2 Å². The molecule has 0 aliphatic rings. The number of nitrogens with one attached hydrogen (secondary N) is 1. The van der Waals surface area contributed by atoms with E-state index < -0.39 is 28.5 Å². The van der Waals surface area contributed by atoms with Crippen molar-refractivity contribution in [3.05, 3.63) is 94.5 Å². The van der Waals surface area contributed by atoms with Gasteiger partial charge in [-0.2, -0.15) is 0 Å². The molecule has 0 aromatic heterocycles. The Bertz CT molecular complexity index is 1350. The second-order valence-electron chi connectivity index (χ2n) is 9.47. The Balaban J connectivity index is 1.98. The molecule has 38 heavy (non-hydrogen) atoms. The summed E-state index contributed by atoms with van der Waals surface area (Å²) in [6.07, 6.45) is 0.521. The average Bonchev–Trinajstić information content (AvgIpc) is 2.87. The molecule has 3 aromatic carbocycles. The summed E-state index contributed by atoms with van der Waals surface area (Å²) in [5, 5.41) is 2.86. The second kappa shape index (κ2) is 13.1. The number of anilines is 1. The first-order valence-electron chi connectivity index (χ1n) is 12.5. The topological polar surface area (TPSA) is 86.8 Å². The maximum absolute atomic E-state index is 13.8. The van der Waals surface area contributed by atoms with E-state index in [9.17, 15) is 18.0 Å². The highest BCUT2D eigenvalue weighted by atomic mass is 79.9. The number of carbonyl (C=O) groups excluding carboxylic acids is 2. The van der Waals surface area contributed by atoms with E-state index in [0.29, 0.717) is 16.6 Å². The van der Waals surface area contributed by atoms with Crippen LogP contribution in [0.1, 0.15) is 31.9 Å². The standard InChI is InChI=1S/C29H34BrN3O4S/c1-21(2)31-29(35)23(4)32(18-17-24-9-6-5-7-10-24)28(34)20-33(26-12-8-11-25(30)19-26)38(36,37)27-15-13-22(3)14-16-27/h5-16,19,21,23H,17-18,20H2,1-4H3,(H,31,35)/t23-/m0/s1. The number of carbonyl (C=O) groups is 2. The van der Waals surface area contributed by atoms with E-state index >= 15 is 0 Å². The molecule has 1 atom stereocenters. The minimum absolute atomic E-state index is 0.0808. The molecule has 0 fully saturated rings. The zero-order valence-electron chi connectivity index (χ0n) is 22.1. The minimum Gasteiger partial charge on any atom is -0.352 e. The lowest BCUT2D eigenvalue weighted by Gasteiger charge is -2.32. The van der Waals surface area contributed by atoms with Crippen LogP contribution in [0.15, 0.2) is 88.2 Å². The van der Waals surface area contributed by atoms with Crippen LogP contribution in [0, 0.1) is 6.92 Å². The van der Waals surface area contributed by atoms with Gasteiger partial charge in [-0.05, 0) is 70.0 Å². The molecule has 0 saturated carbocycles. The first kappa shape index (κ1) is 29.4. The normalized spacial score (nSPS) is 12.2. The van der Waals surface area contributed by atoms with E-state index in [4.69, 9.17) is 0 Å². The summed E-state index contributed by atoms with van der Waals surface area (Å²) < 4.78 is 29.4. The van der Waals surface area contributed by atoms with Gasteiger partial charge in [0, 0.05) is 17.1 Å². The summed E-state index contributed by atoms with van der Waals surface area (Å²) in [5.74, 6) is -0.764. The van der Waals surface area contributed by atoms with Gasteiger partial charge in [-0.25, -0.2) is 8.42 Å². The van der Waals surface area contributed by atoms with Crippen LogP contribution in [0.3, 0.4) is 0 Å². The van der Waals surface area contributed by atoms with Crippen LogP contribution in [0.5, 0.6) is 0 Å². The van der Waals surface area contributed by atoms with Gasteiger partial charge in [0.15, 0.2) is 0 Å². The quantitative estimate of drug-likeness (QED) is 0.338. The summed E-state index contributed by atoms with van der Waals surface area (Å²) in [6, 6.07) is 22.1. The van der Waals surface area contributed by atoms with E-state index in [0.717, 1.165) is 15.4 Å². The highest BCUT2D eigenvalue weighted by Gasteiger charge is 2.32. The SMILES string of the molecule is Cc1ccc(S(=O)(=O)N(CC(=O)N(CCc2ccccc2)[C@@H](C)C(=O)NC(C)C)c2cccc(Br)c2)cc1. The maximum atomic E-state index is 13.8. The molecule has 0 heterocycles. The van der Waals surface area contributed by atoms with Gasteiger partial charge >= 0.3 is 0 Å². The predicted molar refractivity (Wildman–Crippen MR) is 154 cm³/mol. The second-order valence-corrected chi connectivity index (χ2v) is 12.2. The molecule has 1 N–H and O–H groups in total.